The van der Waals surface area contributed by atoms with Crippen molar-refractivity contribution in [1.29, 1.82) is 0 Å². The van der Waals surface area contributed by atoms with Gasteiger partial charge in [-0.1, -0.05) is 6.92 Å². The zero-order valence-corrected chi connectivity index (χ0v) is 9.69. The summed E-state index contributed by atoms with van der Waals surface area (Å²) in [6, 6.07) is 0. The van der Waals surface area contributed by atoms with E-state index in [2.05, 4.69) is 11.6 Å². The Morgan fingerprint density at radius 2 is 1.93 bits per heavy atom. The van der Waals surface area contributed by atoms with Crippen molar-refractivity contribution in [2.45, 2.75) is 26.7 Å². The second-order valence-electron chi connectivity index (χ2n) is 4.15. The van der Waals surface area contributed by atoms with Gasteiger partial charge in [0.1, 0.15) is 0 Å². The normalized spacial score (nSPS) is 22.1. The van der Waals surface area contributed by atoms with Crippen LogP contribution < -0.4 is 4.72 Å². The maximum absolute atomic E-state index is 11.2. The molecule has 1 fully saturated rings. The van der Waals surface area contributed by atoms with Crippen molar-refractivity contribution in [3.63, 3.8) is 0 Å². The lowest BCUT2D eigenvalue weighted by molar-refractivity contribution is 0.0265. The molecule has 0 spiro atoms. The number of sulfonamides is 1. The fraction of sp³-hybridized carbons (Fsp3) is 1.00. The number of ether oxygens (including phenoxy) is 1. The first-order chi connectivity index (χ1) is 6.47. The highest BCUT2D eigenvalue weighted by Gasteiger charge is 2.28. The van der Waals surface area contributed by atoms with Gasteiger partial charge in [0.25, 0.3) is 0 Å². The SMILES string of the molecule is CCS(=O)(=O)NCC1(C)CCOCC1. The van der Waals surface area contributed by atoms with Gasteiger partial charge in [0.05, 0.1) is 5.75 Å². The molecule has 4 nitrogen and oxygen atoms in total. The first-order valence-corrected chi connectivity index (χ1v) is 6.68. The summed E-state index contributed by atoms with van der Waals surface area (Å²) < 4.78 is 30.4. The van der Waals surface area contributed by atoms with Crippen molar-refractivity contribution in [3.05, 3.63) is 0 Å². The third-order valence-corrected chi connectivity index (χ3v) is 4.14. The number of rotatable bonds is 4. The largest absolute Gasteiger partial charge is 0.381 e. The van der Waals surface area contributed by atoms with Crippen molar-refractivity contribution in [3.8, 4) is 0 Å². The predicted octanol–water partition coefficient (Wildman–Crippen LogP) is 0.742. The molecule has 1 saturated heterocycles. The van der Waals surface area contributed by atoms with Crippen LogP contribution in [0.5, 0.6) is 0 Å². The molecule has 5 heteroatoms. The number of hydrogen-bond donors (Lipinski definition) is 1. The Morgan fingerprint density at radius 3 is 2.43 bits per heavy atom. The molecule has 1 rings (SSSR count). The van der Waals surface area contributed by atoms with E-state index in [0.29, 0.717) is 6.54 Å². The summed E-state index contributed by atoms with van der Waals surface area (Å²) in [5, 5.41) is 0. The minimum Gasteiger partial charge on any atom is -0.381 e. The second kappa shape index (κ2) is 4.59. The highest BCUT2D eigenvalue weighted by Crippen LogP contribution is 2.28. The molecule has 0 aliphatic carbocycles. The Bertz CT molecular complexity index is 268. The topological polar surface area (TPSA) is 55.4 Å². The molecule has 0 aromatic rings. The van der Waals surface area contributed by atoms with Crippen LogP contribution >= 0.6 is 0 Å². The van der Waals surface area contributed by atoms with Crippen LogP contribution in [-0.4, -0.2) is 33.9 Å². The molecule has 1 aliphatic rings. The van der Waals surface area contributed by atoms with E-state index < -0.39 is 10.0 Å². The maximum atomic E-state index is 11.2. The number of nitrogens with one attached hydrogen (secondary N) is 1. The van der Waals surface area contributed by atoms with Crippen LogP contribution in [0.4, 0.5) is 0 Å². The van der Waals surface area contributed by atoms with E-state index in [0.717, 1.165) is 26.1 Å². The van der Waals surface area contributed by atoms with Gasteiger partial charge in [0.2, 0.25) is 10.0 Å². The van der Waals surface area contributed by atoms with E-state index in [1.54, 1.807) is 6.92 Å². The summed E-state index contributed by atoms with van der Waals surface area (Å²) in [6.07, 6.45) is 1.86. The van der Waals surface area contributed by atoms with Crippen molar-refractivity contribution in [2.75, 3.05) is 25.5 Å². The van der Waals surface area contributed by atoms with Crippen LogP contribution in [0.3, 0.4) is 0 Å². The first kappa shape index (κ1) is 11.9. The Labute approximate surface area is 86.1 Å². The Hall–Kier alpha value is -0.130. The average Bonchev–Trinajstić information content (AvgIpc) is 2.17. The van der Waals surface area contributed by atoms with E-state index in [1.165, 1.54) is 0 Å². The zero-order chi connectivity index (χ0) is 10.7. The second-order valence-corrected chi connectivity index (χ2v) is 6.24. The molecule has 84 valence electrons. The van der Waals surface area contributed by atoms with Crippen molar-refractivity contribution < 1.29 is 13.2 Å². The Balaban J connectivity index is 2.43. The first-order valence-electron chi connectivity index (χ1n) is 5.02. The lowest BCUT2D eigenvalue weighted by atomic mass is 9.83. The van der Waals surface area contributed by atoms with Gasteiger partial charge in [0.15, 0.2) is 0 Å². The molecule has 0 aromatic carbocycles. The molecule has 0 unspecified atom stereocenters. The smallest absolute Gasteiger partial charge is 0.211 e. The predicted molar refractivity (Wildman–Crippen MR) is 55.6 cm³/mol. The monoisotopic (exact) mass is 221 g/mol. The van der Waals surface area contributed by atoms with Crippen molar-refractivity contribution >= 4 is 10.0 Å². The van der Waals surface area contributed by atoms with E-state index in [9.17, 15) is 8.42 Å². The quantitative estimate of drug-likeness (QED) is 0.762. The Kier molecular flexibility index (Phi) is 3.92. The molecule has 0 bridgehead atoms. The molecule has 1 N–H and O–H groups in total. The molecule has 14 heavy (non-hydrogen) atoms. The summed E-state index contributed by atoms with van der Waals surface area (Å²) in [7, 11) is -3.05. The fourth-order valence-corrected chi connectivity index (χ4v) is 2.20. The van der Waals surface area contributed by atoms with Gasteiger partial charge in [0, 0.05) is 19.8 Å². The summed E-state index contributed by atoms with van der Waals surface area (Å²) in [6.45, 7) is 5.77. The van der Waals surface area contributed by atoms with Gasteiger partial charge in [-0.15, -0.1) is 0 Å². The minimum atomic E-state index is -3.05. The van der Waals surface area contributed by atoms with Crippen LogP contribution in [0.15, 0.2) is 0 Å². The highest BCUT2D eigenvalue weighted by molar-refractivity contribution is 7.89. The molecular formula is C9H19NO3S. The molecule has 0 saturated carbocycles. The standard InChI is InChI=1S/C9H19NO3S/c1-3-14(11,12)10-8-9(2)4-6-13-7-5-9/h10H,3-8H2,1-2H3. The van der Waals surface area contributed by atoms with Gasteiger partial charge >= 0.3 is 0 Å². The van der Waals surface area contributed by atoms with Crippen LogP contribution in [-0.2, 0) is 14.8 Å². The van der Waals surface area contributed by atoms with E-state index in [-0.39, 0.29) is 11.2 Å². The summed E-state index contributed by atoms with van der Waals surface area (Å²) in [5.41, 5.74) is 0.0699. The highest BCUT2D eigenvalue weighted by atomic mass is 32.2. The Morgan fingerprint density at radius 1 is 1.36 bits per heavy atom. The molecule has 0 aromatic heterocycles. The van der Waals surface area contributed by atoms with Crippen LogP contribution in [0.2, 0.25) is 0 Å². The average molecular weight is 221 g/mol. The lowest BCUT2D eigenvalue weighted by Crippen LogP contribution is -2.39. The van der Waals surface area contributed by atoms with Gasteiger partial charge in [-0.05, 0) is 25.2 Å². The molecule has 0 radical (unpaired) electrons. The van der Waals surface area contributed by atoms with Gasteiger partial charge in [-0.3, -0.25) is 0 Å². The molecule has 1 heterocycles. The third kappa shape index (κ3) is 3.55. The van der Waals surface area contributed by atoms with E-state index >= 15 is 0 Å². The summed E-state index contributed by atoms with van der Waals surface area (Å²) in [5.74, 6) is 0.152. The van der Waals surface area contributed by atoms with Gasteiger partial charge in [-0.25, -0.2) is 13.1 Å². The molecular weight excluding hydrogens is 202 g/mol. The minimum absolute atomic E-state index is 0.0699. The molecule has 0 atom stereocenters. The van der Waals surface area contributed by atoms with Crippen molar-refractivity contribution in [1.82, 2.24) is 4.72 Å². The van der Waals surface area contributed by atoms with E-state index in [1.807, 2.05) is 0 Å². The van der Waals surface area contributed by atoms with Crippen molar-refractivity contribution in [2.24, 2.45) is 5.41 Å². The molecule has 1 aliphatic heterocycles. The van der Waals surface area contributed by atoms with E-state index in [4.69, 9.17) is 4.74 Å². The zero-order valence-electron chi connectivity index (χ0n) is 8.88. The van der Waals surface area contributed by atoms with Crippen LogP contribution in [0, 0.1) is 5.41 Å². The van der Waals surface area contributed by atoms with Gasteiger partial charge in [-0.2, -0.15) is 0 Å². The number of hydrogen-bond acceptors (Lipinski definition) is 3. The maximum Gasteiger partial charge on any atom is 0.211 e. The summed E-state index contributed by atoms with van der Waals surface area (Å²) in [4.78, 5) is 0. The third-order valence-electron chi connectivity index (χ3n) is 2.80. The van der Waals surface area contributed by atoms with Gasteiger partial charge < -0.3 is 4.74 Å². The van der Waals surface area contributed by atoms with Crippen LogP contribution in [0.1, 0.15) is 26.7 Å². The fourth-order valence-electron chi connectivity index (χ4n) is 1.43. The lowest BCUT2D eigenvalue weighted by Gasteiger charge is -2.33. The molecule has 0 amide bonds. The summed E-state index contributed by atoms with van der Waals surface area (Å²) >= 11 is 0. The van der Waals surface area contributed by atoms with Crippen LogP contribution in [0.25, 0.3) is 0 Å².